The van der Waals surface area contributed by atoms with E-state index in [2.05, 4.69) is 39.3 Å². The van der Waals surface area contributed by atoms with Gasteiger partial charge < -0.3 is 13.6 Å². The van der Waals surface area contributed by atoms with Crippen LogP contribution in [0.15, 0.2) is 48.5 Å². The Labute approximate surface area is 164 Å². The maximum Gasteiger partial charge on any atom is 0.418 e. The summed E-state index contributed by atoms with van der Waals surface area (Å²) in [5, 5.41) is 0. The van der Waals surface area contributed by atoms with Crippen molar-refractivity contribution >= 4 is 34.1 Å². The number of benzene rings is 2. The van der Waals surface area contributed by atoms with Gasteiger partial charge in [0.15, 0.2) is 0 Å². The van der Waals surface area contributed by atoms with Gasteiger partial charge in [-0.05, 0) is 87.8 Å². The first-order valence-corrected chi connectivity index (χ1v) is 15.8. The van der Waals surface area contributed by atoms with E-state index in [0.717, 1.165) is 11.5 Å². The molecule has 2 aromatic rings. The quantitative estimate of drug-likeness (QED) is 0.553. The van der Waals surface area contributed by atoms with Crippen molar-refractivity contribution in [1.29, 1.82) is 0 Å². The molecule has 0 bridgehead atoms. The number of hydrogen-bond donors (Lipinski definition) is 0. The van der Waals surface area contributed by atoms with Gasteiger partial charge in [0.25, 0.3) is 0 Å². The highest BCUT2D eigenvalue weighted by molar-refractivity contribution is 6.70. The van der Waals surface area contributed by atoms with E-state index in [-0.39, 0.29) is 0 Å². The fourth-order valence-corrected chi connectivity index (χ4v) is 4.17. The highest BCUT2D eigenvalue weighted by Gasteiger charge is 2.21. The van der Waals surface area contributed by atoms with E-state index in [0.29, 0.717) is 11.4 Å². The Kier molecular flexibility index (Phi) is 6.38. The number of hydrogen-bond acceptors (Lipinski definition) is 4. The van der Waals surface area contributed by atoms with Crippen molar-refractivity contribution < 1.29 is 18.4 Å². The van der Waals surface area contributed by atoms with Gasteiger partial charge in [-0.15, -0.1) is 0 Å². The maximum absolute atomic E-state index is 12.4. The van der Waals surface area contributed by atoms with E-state index in [4.69, 9.17) is 13.6 Å². The molecule has 0 fully saturated rings. The molecule has 146 valence electrons. The Hall–Kier alpha value is -2.26. The van der Waals surface area contributed by atoms with Gasteiger partial charge in [0, 0.05) is 0 Å². The van der Waals surface area contributed by atoms with Crippen LogP contribution in [0.2, 0.25) is 39.3 Å². The van der Waals surface area contributed by atoms with Crippen molar-refractivity contribution in [2.24, 2.45) is 0 Å². The van der Waals surface area contributed by atoms with Gasteiger partial charge in [0.1, 0.15) is 11.5 Å². The lowest BCUT2D eigenvalue weighted by Gasteiger charge is -2.24. The molecule has 0 N–H and O–H groups in total. The summed E-state index contributed by atoms with van der Waals surface area (Å²) in [6, 6.07) is 15.0. The zero-order chi connectivity index (χ0) is 20.2. The third-order valence-electron chi connectivity index (χ3n) is 3.40. The number of ether oxygens (including phenoxy) is 1. The molecule has 0 saturated heterocycles. The molecule has 27 heavy (non-hydrogen) atoms. The summed E-state index contributed by atoms with van der Waals surface area (Å²) in [7, 11) is -1.98. The summed E-state index contributed by atoms with van der Waals surface area (Å²) in [6.45, 7) is 12.8. The monoisotopic (exact) mass is 403 g/mol. The van der Waals surface area contributed by atoms with Crippen LogP contribution in [0.3, 0.4) is 0 Å². The Morgan fingerprint density at radius 3 is 1.30 bits per heavy atom. The summed E-state index contributed by atoms with van der Waals surface area (Å²) >= 11 is 0. The van der Waals surface area contributed by atoms with E-state index in [1.807, 2.05) is 48.5 Å². The molecule has 0 saturated carbocycles. The molecule has 0 spiro atoms. The van der Waals surface area contributed by atoms with Crippen LogP contribution in [0.1, 0.15) is 0 Å². The van der Waals surface area contributed by atoms with E-state index < -0.39 is 22.7 Å². The number of rotatable bonds is 6. The molecule has 0 heterocycles. The third kappa shape index (κ3) is 6.44. The lowest BCUT2D eigenvalue weighted by atomic mass is 10.2. The molecular weight excluding hydrogens is 374 g/mol. The van der Waals surface area contributed by atoms with Crippen molar-refractivity contribution in [2.75, 3.05) is 12.0 Å². The number of carbonyl (C=O) groups is 1. The average molecular weight is 404 g/mol. The first kappa shape index (κ1) is 21.0. The predicted molar refractivity (Wildman–Crippen MR) is 115 cm³/mol. The van der Waals surface area contributed by atoms with Crippen molar-refractivity contribution in [3.63, 3.8) is 0 Å². The van der Waals surface area contributed by atoms with Gasteiger partial charge in [0.05, 0.1) is 18.5 Å². The Bertz CT molecular complexity index is 703. The molecule has 1 amide bonds. The highest BCUT2D eigenvalue weighted by Crippen LogP contribution is 2.30. The largest absolute Gasteiger partial charge is 0.544 e. The summed E-state index contributed by atoms with van der Waals surface area (Å²) in [6.07, 6.45) is -0.451. The van der Waals surface area contributed by atoms with Gasteiger partial charge >= 0.3 is 6.09 Å². The van der Waals surface area contributed by atoms with Crippen LogP contribution in [-0.2, 0) is 4.74 Å². The van der Waals surface area contributed by atoms with Crippen molar-refractivity contribution in [3.05, 3.63) is 48.5 Å². The third-order valence-corrected chi connectivity index (χ3v) is 5.09. The van der Waals surface area contributed by atoms with Crippen LogP contribution in [0.25, 0.3) is 0 Å². The summed E-state index contributed by atoms with van der Waals surface area (Å²) in [4.78, 5) is 13.9. The van der Waals surface area contributed by atoms with Crippen LogP contribution in [0.5, 0.6) is 11.5 Å². The van der Waals surface area contributed by atoms with Gasteiger partial charge in [0.2, 0.25) is 16.6 Å². The van der Waals surface area contributed by atoms with Gasteiger partial charge in [-0.2, -0.15) is 0 Å². The number of anilines is 2. The summed E-state index contributed by atoms with van der Waals surface area (Å²) in [5.41, 5.74) is 1.42. The van der Waals surface area contributed by atoms with Crippen LogP contribution in [0, 0.1) is 0 Å². The van der Waals surface area contributed by atoms with E-state index in [9.17, 15) is 4.79 Å². The van der Waals surface area contributed by atoms with E-state index in [1.54, 1.807) is 0 Å². The second-order valence-corrected chi connectivity index (χ2v) is 17.1. The Morgan fingerprint density at radius 2 is 1.04 bits per heavy atom. The molecular formula is C20H29NO4Si2. The normalized spacial score (nSPS) is 11.7. The lowest BCUT2D eigenvalue weighted by Crippen LogP contribution is -2.29. The number of nitrogens with zero attached hydrogens (tertiary/aromatic N) is 1. The fraction of sp³-hybridized carbons (Fsp3) is 0.350. The SMILES string of the molecule is COC(=O)N(c1ccc(O[Si](C)(C)C)cc1)c1ccc(O[Si](C)(C)C)cc1. The zero-order valence-electron chi connectivity index (χ0n) is 17.2. The predicted octanol–water partition coefficient (Wildman–Crippen LogP) is 6.02. The van der Waals surface area contributed by atoms with Crippen LogP contribution in [-0.4, -0.2) is 29.8 Å². The minimum atomic E-state index is -1.68. The van der Waals surface area contributed by atoms with Crippen molar-refractivity contribution in [2.45, 2.75) is 39.3 Å². The minimum Gasteiger partial charge on any atom is -0.544 e. The first-order chi connectivity index (χ1) is 12.5. The zero-order valence-corrected chi connectivity index (χ0v) is 19.2. The van der Waals surface area contributed by atoms with E-state index in [1.165, 1.54) is 12.0 Å². The average Bonchev–Trinajstić information content (AvgIpc) is 2.55. The van der Waals surface area contributed by atoms with Gasteiger partial charge in [-0.3, -0.25) is 0 Å². The maximum atomic E-state index is 12.4. The first-order valence-electron chi connectivity index (χ1n) is 8.95. The molecule has 0 aromatic heterocycles. The standard InChI is InChI=1S/C20H29NO4Si2/c1-23-20(22)21(16-8-12-18(13-9-16)24-26(2,3)4)17-10-14-19(15-11-17)25-27(5,6)7/h8-15H,1-7H3. The number of methoxy groups -OCH3 is 1. The van der Waals surface area contributed by atoms with Crippen LogP contribution >= 0.6 is 0 Å². The van der Waals surface area contributed by atoms with E-state index >= 15 is 0 Å². The van der Waals surface area contributed by atoms with Crippen molar-refractivity contribution in [3.8, 4) is 11.5 Å². The summed E-state index contributed by atoms with van der Waals surface area (Å²) < 4.78 is 16.9. The molecule has 0 unspecified atom stereocenters. The molecule has 0 atom stereocenters. The summed E-state index contributed by atoms with van der Waals surface area (Å²) in [5.74, 6) is 1.61. The minimum absolute atomic E-state index is 0.451. The molecule has 7 heteroatoms. The molecule has 0 aliphatic carbocycles. The molecule has 5 nitrogen and oxygen atoms in total. The number of amides is 1. The molecule has 2 aromatic carbocycles. The molecule has 2 rings (SSSR count). The van der Waals surface area contributed by atoms with Crippen LogP contribution in [0.4, 0.5) is 16.2 Å². The Balaban J connectivity index is 2.29. The topological polar surface area (TPSA) is 48.0 Å². The molecule has 0 aliphatic rings. The van der Waals surface area contributed by atoms with Gasteiger partial charge in [-0.1, -0.05) is 0 Å². The lowest BCUT2D eigenvalue weighted by molar-refractivity contribution is 0.181. The van der Waals surface area contributed by atoms with Crippen LogP contribution < -0.4 is 13.8 Å². The molecule has 0 aliphatic heterocycles. The van der Waals surface area contributed by atoms with Gasteiger partial charge in [-0.25, -0.2) is 9.69 Å². The fourth-order valence-electron chi connectivity index (χ4n) is 2.48. The Morgan fingerprint density at radius 1 is 0.704 bits per heavy atom. The smallest absolute Gasteiger partial charge is 0.418 e. The second-order valence-electron chi connectivity index (χ2n) is 8.22. The second kappa shape index (κ2) is 8.18. The molecule has 0 radical (unpaired) electrons. The number of carbonyl (C=O) groups excluding carboxylic acids is 1. The highest BCUT2D eigenvalue weighted by atomic mass is 28.4. The van der Waals surface area contributed by atoms with Crippen molar-refractivity contribution in [1.82, 2.24) is 0 Å².